The van der Waals surface area contributed by atoms with E-state index in [1.54, 1.807) is 11.3 Å². The van der Waals surface area contributed by atoms with E-state index in [0.717, 1.165) is 12.6 Å². The topological polar surface area (TPSA) is 9.72 Å². The number of benzene rings is 1. The molecule has 1 aromatic heterocycles. The lowest BCUT2D eigenvalue weighted by Gasteiger charge is -2.41. The van der Waals surface area contributed by atoms with E-state index < -0.39 is 0 Å². The first-order chi connectivity index (χ1) is 12.3. The van der Waals surface area contributed by atoms with Crippen molar-refractivity contribution >= 4 is 22.7 Å². The minimum atomic E-state index is 0.705. The molecule has 25 heavy (non-hydrogen) atoms. The summed E-state index contributed by atoms with van der Waals surface area (Å²) in [4.78, 5) is 9.42. The van der Waals surface area contributed by atoms with Gasteiger partial charge in [0.15, 0.2) is 0 Å². The summed E-state index contributed by atoms with van der Waals surface area (Å²) in [6.07, 6.45) is 3.85. The molecule has 1 saturated heterocycles. The molecule has 1 fully saturated rings. The van der Waals surface area contributed by atoms with Gasteiger partial charge < -0.3 is 14.7 Å². The van der Waals surface area contributed by atoms with Crippen LogP contribution >= 0.6 is 11.3 Å². The molecule has 0 bridgehead atoms. The first kappa shape index (κ1) is 15.7. The number of thiophene rings is 1. The van der Waals surface area contributed by atoms with Crippen molar-refractivity contribution in [2.75, 3.05) is 49.6 Å². The van der Waals surface area contributed by atoms with Gasteiger partial charge in [-0.3, -0.25) is 0 Å². The molecule has 0 amide bonds. The number of nitrogens with zero attached hydrogens (tertiary/aromatic N) is 3. The predicted octanol–water partition coefficient (Wildman–Crippen LogP) is 3.81. The highest BCUT2D eigenvalue weighted by molar-refractivity contribution is 7.09. The maximum absolute atomic E-state index is 2.73. The number of likely N-dealkylation sites (N-methyl/N-ethyl adjacent to an activating group) is 1. The number of aryl methyl sites for hydroxylation is 1. The highest BCUT2D eigenvalue weighted by Gasteiger charge is 2.44. The van der Waals surface area contributed by atoms with Crippen molar-refractivity contribution in [3.05, 3.63) is 46.2 Å². The molecule has 4 heteroatoms. The third-order valence-corrected chi connectivity index (χ3v) is 7.29. The van der Waals surface area contributed by atoms with Crippen molar-refractivity contribution in [2.24, 2.45) is 0 Å². The van der Waals surface area contributed by atoms with E-state index in [2.05, 4.69) is 57.5 Å². The van der Waals surface area contributed by atoms with Crippen LogP contribution in [-0.2, 0) is 6.42 Å². The van der Waals surface area contributed by atoms with Gasteiger partial charge in [0.1, 0.15) is 0 Å². The lowest BCUT2D eigenvalue weighted by atomic mass is 9.89. The molecule has 3 aliphatic rings. The summed E-state index contributed by atoms with van der Waals surface area (Å²) in [5.74, 6) is 0.705. The molecule has 132 valence electrons. The quantitative estimate of drug-likeness (QED) is 0.828. The molecule has 1 aromatic carbocycles. The number of hydrogen-bond acceptors (Lipinski definition) is 4. The van der Waals surface area contributed by atoms with Gasteiger partial charge in [-0.15, -0.1) is 11.3 Å². The summed E-state index contributed by atoms with van der Waals surface area (Å²) in [6, 6.07) is 12.2. The average molecular weight is 354 g/mol. The number of rotatable bonds is 4. The van der Waals surface area contributed by atoms with Gasteiger partial charge in [0, 0.05) is 50.1 Å². The van der Waals surface area contributed by atoms with Gasteiger partial charge in [0.2, 0.25) is 0 Å². The van der Waals surface area contributed by atoms with E-state index in [1.807, 2.05) is 11.3 Å². The fourth-order valence-electron chi connectivity index (χ4n) is 5.11. The molecule has 2 atom stereocenters. The van der Waals surface area contributed by atoms with Crippen LogP contribution in [0.25, 0.3) is 0 Å². The molecule has 0 saturated carbocycles. The summed E-state index contributed by atoms with van der Waals surface area (Å²) in [5, 5.41) is 2.20. The van der Waals surface area contributed by atoms with E-state index in [-0.39, 0.29) is 0 Å². The highest BCUT2D eigenvalue weighted by Crippen LogP contribution is 2.50. The van der Waals surface area contributed by atoms with Gasteiger partial charge in [-0.2, -0.15) is 0 Å². The second-order valence-corrected chi connectivity index (χ2v) is 8.81. The summed E-state index contributed by atoms with van der Waals surface area (Å²) < 4.78 is 0. The Hall–Kier alpha value is -1.52. The smallest absolute Gasteiger partial charge is 0.0644 e. The largest absolute Gasteiger partial charge is 0.371 e. The Balaban J connectivity index is 1.30. The second-order valence-electron chi connectivity index (χ2n) is 7.78. The van der Waals surface area contributed by atoms with Gasteiger partial charge in [-0.05, 0) is 48.9 Å². The van der Waals surface area contributed by atoms with E-state index >= 15 is 0 Å². The number of anilines is 2. The van der Waals surface area contributed by atoms with Crippen molar-refractivity contribution in [2.45, 2.75) is 31.2 Å². The Morgan fingerprint density at radius 2 is 2.08 bits per heavy atom. The zero-order chi connectivity index (χ0) is 16.8. The number of para-hydroxylation sites is 1. The van der Waals surface area contributed by atoms with Crippen LogP contribution in [0, 0.1) is 0 Å². The molecule has 4 heterocycles. The first-order valence-electron chi connectivity index (χ1n) is 9.67. The molecular formula is C21H27N3S. The van der Waals surface area contributed by atoms with E-state index in [1.165, 1.54) is 56.0 Å². The maximum Gasteiger partial charge on any atom is 0.0644 e. The molecule has 0 unspecified atom stereocenters. The van der Waals surface area contributed by atoms with Crippen molar-refractivity contribution < 1.29 is 0 Å². The van der Waals surface area contributed by atoms with Gasteiger partial charge in [-0.1, -0.05) is 18.2 Å². The van der Waals surface area contributed by atoms with Crippen LogP contribution in [0.5, 0.6) is 0 Å². The van der Waals surface area contributed by atoms with Crippen LogP contribution in [-0.4, -0.2) is 50.7 Å². The molecule has 5 rings (SSSR count). The molecule has 0 spiro atoms. The molecule has 2 aromatic rings. The monoisotopic (exact) mass is 353 g/mol. The van der Waals surface area contributed by atoms with Crippen LogP contribution in [0.2, 0.25) is 0 Å². The minimum absolute atomic E-state index is 0.705. The Bertz CT molecular complexity index is 742. The Morgan fingerprint density at radius 1 is 1.12 bits per heavy atom. The molecule has 0 N–H and O–H groups in total. The number of fused-ring (bicyclic) bond motifs is 3. The van der Waals surface area contributed by atoms with Crippen molar-refractivity contribution in [1.82, 2.24) is 4.90 Å². The van der Waals surface area contributed by atoms with Crippen LogP contribution in [0.15, 0.2) is 35.7 Å². The van der Waals surface area contributed by atoms with Crippen LogP contribution in [0.3, 0.4) is 0 Å². The highest BCUT2D eigenvalue weighted by atomic mass is 32.1. The third kappa shape index (κ3) is 2.67. The van der Waals surface area contributed by atoms with E-state index in [9.17, 15) is 0 Å². The molecule has 3 aliphatic heterocycles. The van der Waals surface area contributed by atoms with Crippen LogP contribution in [0.1, 0.15) is 29.2 Å². The average Bonchev–Trinajstić information content (AvgIpc) is 3.26. The summed E-state index contributed by atoms with van der Waals surface area (Å²) >= 11 is 1.90. The van der Waals surface area contributed by atoms with Gasteiger partial charge >= 0.3 is 0 Å². The van der Waals surface area contributed by atoms with Crippen molar-refractivity contribution in [3.63, 3.8) is 0 Å². The van der Waals surface area contributed by atoms with Gasteiger partial charge in [0.05, 0.1) is 11.4 Å². The fraction of sp³-hybridized carbons (Fsp3) is 0.524. The minimum Gasteiger partial charge on any atom is -0.371 e. The summed E-state index contributed by atoms with van der Waals surface area (Å²) in [7, 11) is 2.24. The summed E-state index contributed by atoms with van der Waals surface area (Å²) in [5.41, 5.74) is 4.60. The number of hydrogen-bond donors (Lipinski definition) is 0. The normalized spacial score (nSPS) is 25.2. The third-order valence-electron chi connectivity index (χ3n) is 6.36. The standard InChI is InChI=1S/C21H27N3S/c1-22-12-13-24-19-9-11-23(10-3-5-16-6-4-14-25-16)15-18(19)17-7-2-8-20(22)21(17)24/h2,4,6-8,14,18-19H,3,5,9-13,15H2,1H3/t18-,19-/m0/s1. The molecule has 0 aliphatic carbocycles. The fourth-order valence-corrected chi connectivity index (χ4v) is 5.86. The first-order valence-corrected chi connectivity index (χ1v) is 10.5. The SMILES string of the molecule is CN1CCN2c3c(cccc31)[C@@H]1CN(CCCc3cccs3)CC[C@@H]12. The van der Waals surface area contributed by atoms with Crippen molar-refractivity contribution in [1.29, 1.82) is 0 Å². The van der Waals surface area contributed by atoms with Gasteiger partial charge in [-0.25, -0.2) is 0 Å². The molecular weight excluding hydrogens is 326 g/mol. The lowest BCUT2D eigenvalue weighted by Crippen LogP contribution is -2.49. The van der Waals surface area contributed by atoms with E-state index in [4.69, 9.17) is 0 Å². The molecule has 0 radical (unpaired) electrons. The van der Waals surface area contributed by atoms with E-state index in [0.29, 0.717) is 5.92 Å². The maximum atomic E-state index is 2.73. The Labute approximate surface area is 154 Å². The van der Waals surface area contributed by atoms with Crippen molar-refractivity contribution in [3.8, 4) is 0 Å². The van der Waals surface area contributed by atoms with Gasteiger partial charge in [0.25, 0.3) is 0 Å². The molecule has 3 nitrogen and oxygen atoms in total. The lowest BCUT2D eigenvalue weighted by molar-refractivity contribution is 0.192. The van der Waals surface area contributed by atoms with Crippen LogP contribution < -0.4 is 9.80 Å². The number of likely N-dealkylation sites (tertiary alicyclic amines) is 1. The second kappa shape index (κ2) is 6.33. The zero-order valence-corrected chi connectivity index (χ0v) is 15.8. The zero-order valence-electron chi connectivity index (χ0n) is 15.0. The Kier molecular flexibility index (Phi) is 3.98. The Morgan fingerprint density at radius 3 is 2.96 bits per heavy atom. The predicted molar refractivity (Wildman–Crippen MR) is 107 cm³/mol. The summed E-state index contributed by atoms with van der Waals surface area (Å²) in [6.45, 7) is 6.10. The van der Waals surface area contributed by atoms with Crippen LogP contribution in [0.4, 0.5) is 11.4 Å². The number of piperidine rings is 1.